The van der Waals surface area contributed by atoms with Gasteiger partial charge in [0.2, 0.25) is 11.8 Å². The number of ether oxygens (including phenoxy) is 2. The summed E-state index contributed by atoms with van der Waals surface area (Å²) in [5, 5.41) is 6.46. The Balaban J connectivity index is 1.84. The number of nitrogens with zero attached hydrogens (tertiary/aromatic N) is 1. The molecule has 142 valence electrons. The Bertz CT molecular complexity index is 763. The van der Waals surface area contributed by atoms with Crippen LogP contribution in [0.4, 0.5) is 0 Å². The summed E-state index contributed by atoms with van der Waals surface area (Å²) < 4.78 is 10.6. The first kappa shape index (κ1) is 20.1. The molecule has 2 rings (SSSR count). The van der Waals surface area contributed by atoms with Gasteiger partial charge in [0.15, 0.2) is 0 Å². The number of benzene rings is 2. The molecule has 0 atom stereocenters. The topological polar surface area (TPSA) is 89.0 Å². The minimum absolute atomic E-state index is 0.298. The lowest BCUT2D eigenvalue weighted by Gasteiger charge is -2.09. The van der Waals surface area contributed by atoms with Crippen LogP contribution in [-0.2, 0) is 20.9 Å². The Morgan fingerprint density at radius 2 is 1.78 bits per heavy atom. The molecule has 0 aromatic heterocycles. The Kier molecular flexibility index (Phi) is 8.52. The number of hydrazone groups is 1. The van der Waals surface area contributed by atoms with E-state index in [1.807, 2.05) is 54.6 Å². The van der Waals surface area contributed by atoms with Crippen LogP contribution < -0.4 is 15.5 Å². The lowest BCUT2D eigenvalue weighted by Crippen LogP contribution is -2.31. The summed E-state index contributed by atoms with van der Waals surface area (Å²) in [6.45, 7) is 1.18. The number of methoxy groups -OCH3 is 1. The molecule has 0 aliphatic rings. The lowest BCUT2D eigenvalue weighted by atomic mass is 10.2. The van der Waals surface area contributed by atoms with Crippen molar-refractivity contribution >= 4 is 18.0 Å². The van der Waals surface area contributed by atoms with Crippen LogP contribution in [0.3, 0.4) is 0 Å². The largest absolute Gasteiger partial charge is 0.488 e. The fourth-order valence-corrected chi connectivity index (χ4v) is 2.17. The lowest BCUT2D eigenvalue weighted by molar-refractivity contribution is -0.129. The average molecular weight is 369 g/mol. The van der Waals surface area contributed by atoms with Crippen LogP contribution >= 0.6 is 0 Å². The summed E-state index contributed by atoms with van der Waals surface area (Å²) in [5.41, 5.74) is 4.11. The fraction of sp³-hybridized carbons (Fsp3) is 0.250. The molecule has 2 aromatic carbocycles. The van der Waals surface area contributed by atoms with E-state index in [9.17, 15) is 9.59 Å². The Morgan fingerprint density at radius 1 is 1.04 bits per heavy atom. The van der Waals surface area contributed by atoms with Gasteiger partial charge in [-0.2, -0.15) is 5.10 Å². The molecule has 0 heterocycles. The third kappa shape index (κ3) is 7.70. The number of carbonyl (C=O) groups is 2. The highest BCUT2D eigenvalue weighted by Crippen LogP contribution is 2.17. The molecular formula is C20H23N3O4. The van der Waals surface area contributed by atoms with Crippen molar-refractivity contribution in [3.05, 3.63) is 65.7 Å². The molecule has 2 amide bonds. The molecule has 0 aliphatic carbocycles. The van der Waals surface area contributed by atoms with Crippen molar-refractivity contribution in [2.45, 2.75) is 13.0 Å². The van der Waals surface area contributed by atoms with Crippen molar-refractivity contribution in [2.75, 3.05) is 20.3 Å². The van der Waals surface area contributed by atoms with Crippen LogP contribution in [0.25, 0.3) is 0 Å². The van der Waals surface area contributed by atoms with Crippen molar-refractivity contribution in [3.8, 4) is 5.75 Å². The third-order valence-corrected chi connectivity index (χ3v) is 3.50. The smallest absolute Gasteiger partial charge is 0.249 e. The van der Waals surface area contributed by atoms with Gasteiger partial charge >= 0.3 is 0 Å². The van der Waals surface area contributed by atoms with Crippen LogP contribution in [0.1, 0.15) is 17.5 Å². The third-order valence-electron chi connectivity index (χ3n) is 3.50. The number of rotatable bonds is 10. The number of hydrogen-bond acceptors (Lipinski definition) is 5. The zero-order valence-electron chi connectivity index (χ0n) is 15.2. The van der Waals surface area contributed by atoms with Crippen LogP contribution in [0.2, 0.25) is 0 Å². The second kappa shape index (κ2) is 11.4. The number of nitrogens with one attached hydrogen (secondary N) is 2. The van der Waals surface area contributed by atoms with Gasteiger partial charge in [-0.1, -0.05) is 42.5 Å². The van der Waals surface area contributed by atoms with E-state index in [4.69, 9.17) is 9.47 Å². The van der Waals surface area contributed by atoms with E-state index in [0.717, 1.165) is 11.1 Å². The van der Waals surface area contributed by atoms with E-state index >= 15 is 0 Å². The van der Waals surface area contributed by atoms with Crippen LogP contribution in [-0.4, -0.2) is 38.3 Å². The first-order valence-electron chi connectivity index (χ1n) is 8.52. The maximum Gasteiger partial charge on any atom is 0.249 e. The number of hydrogen-bond donors (Lipinski definition) is 2. The molecule has 0 fully saturated rings. The summed E-state index contributed by atoms with van der Waals surface area (Å²) in [7, 11) is 1.54. The van der Waals surface area contributed by atoms with E-state index < -0.39 is 5.91 Å². The van der Waals surface area contributed by atoms with Crippen LogP contribution in [0.5, 0.6) is 5.75 Å². The first-order valence-corrected chi connectivity index (χ1v) is 8.52. The predicted molar refractivity (Wildman–Crippen MR) is 102 cm³/mol. The molecule has 7 nitrogen and oxygen atoms in total. The van der Waals surface area contributed by atoms with E-state index in [1.54, 1.807) is 0 Å². The van der Waals surface area contributed by atoms with Gasteiger partial charge in [0, 0.05) is 19.2 Å². The summed E-state index contributed by atoms with van der Waals surface area (Å²) >= 11 is 0. The van der Waals surface area contributed by atoms with Crippen LogP contribution in [0, 0.1) is 0 Å². The normalized spacial score (nSPS) is 10.6. The van der Waals surface area contributed by atoms with E-state index in [2.05, 4.69) is 15.8 Å². The molecule has 2 N–H and O–H groups in total. The van der Waals surface area contributed by atoms with Crippen molar-refractivity contribution in [1.29, 1.82) is 0 Å². The van der Waals surface area contributed by atoms with Gasteiger partial charge in [0.25, 0.3) is 0 Å². The van der Waals surface area contributed by atoms with Gasteiger partial charge in [0.05, 0.1) is 12.8 Å². The molecule has 2 aromatic rings. The minimum atomic E-state index is -0.496. The SMILES string of the molecule is COCCNC(=O)CC(=O)N/N=C\c1ccccc1OCc1ccccc1. The number of carbonyl (C=O) groups excluding carboxylic acids is 2. The first-order chi connectivity index (χ1) is 13.2. The van der Waals surface area contributed by atoms with E-state index in [-0.39, 0.29) is 12.3 Å². The van der Waals surface area contributed by atoms with Crippen molar-refractivity contribution < 1.29 is 19.1 Å². The summed E-state index contributed by atoms with van der Waals surface area (Å²) in [6, 6.07) is 17.2. The molecule has 0 bridgehead atoms. The summed E-state index contributed by atoms with van der Waals surface area (Å²) in [4.78, 5) is 23.3. The molecule has 0 spiro atoms. The fourth-order valence-electron chi connectivity index (χ4n) is 2.17. The molecule has 7 heteroatoms. The quantitative estimate of drug-likeness (QED) is 0.290. The molecular weight excluding hydrogens is 346 g/mol. The molecule has 0 unspecified atom stereocenters. The monoisotopic (exact) mass is 369 g/mol. The average Bonchev–Trinajstić information content (AvgIpc) is 2.68. The van der Waals surface area contributed by atoms with Gasteiger partial charge in [0.1, 0.15) is 18.8 Å². The maximum absolute atomic E-state index is 11.7. The van der Waals surface area contributed by atoms with Gasteiger partial charge in [-0.3, -0.25) is 9.59 Å². The number of amides is 2. The molecule has 0 saturated carbocycles. The van der Waals surface area contributed by atoms with Gasteiger partial charge in [-0.05, 0) is 17.7 Å². The zero-order valence-corrected chi connectivity index (χ0v) is 15.2. The predicted octanol–water partition coefficient (Wildman–Crippen LogP) is 1.87. The highest BCUT2D eigenvalue weighted by atomic mass is 16.5. The Labute approximate surface area is 158 Å². The van der Waals surface area contributed by atoms with Crippen molar-refractivity contribution in [3.63, 3.8) is 0 Å². The second-order valence-electron chi connectivity index (χ2n) is 5.62. The molecule has 0 saturated heterocycles. The summed E-state index contributed by atoms with van der Waals surface area (Å²) in [6.07, 6.45) is 1.19. The van der Waals surface area contributed by atoms with Crippen molar-refractivity contribution in [1.82, 2.24) is 10.7 Å². The molecule has 0 radical (unpaired) electrons. The van der Waals surface area contributed by atoms with E-state index in [0.29, 0.717) is 25.5 Å². The van der Waals surface area contributed by atoms with Crippen molar-refractivity contribution in [2.24, 2.45) is 5.10 Å². The Morgan fingerprint density at radius 3 is 2.56 bits per heavy atom. The summed E-state index contributed by atoms with van der Waals surface area (Å²) in [5.74, 6) is -0.230. The minimum Gasteiger partial charge on any atom is -0.488 e. The second-order valence-corrected chi connectivity index (χ2v) is 5.62. The van der Waals surface area contributed by atoms with Gasteiger partial charge in [-0.25, -0.2) is 5.43 Å². The molecule has 0 aliphatic heterocycles. The van der Waals surface area contributed by atoms with Gasteiger partial charge < -0.3 is 14.8 Å². The van der Waals surface area contributed by atoms with Gasteiger partial charge in [-0.15, -0.1) is 0 Å². The highest BCUT2D eigenvalue weighted by Gasteiger charge is 2.08. The zero-order chi connectivity index (χ0) is 19.3. The van der Waals surface area contributed by atoms with E-state index in [1.165, 1.54) is 13.3 Å². The number of para-hydroxylation sites is 1. The highest BCUT2D eigenvalue weighted by molar-refractivity contribution is 5.97. The molecule has 27 heavy (non-hydrogen) atoms. The standard InChI is InChI=1S/C20H23N3O4/c1-26-12-11-21-19(24)13-20(25)23-22-14-17-9-5-6-10-18(17)27-15-16-7-3-2-4-8-16/h2-10,14H,11-13,15H2,1H3,(H,21,24)(H,23,25)/b22-14-. The Hall–Kier alpha value is -3.19. The van der Waals surface area contributed by atoms with Crippen LogP contribution in [0.15, 0.2) is 59.7 Å². The maximum atomic E-state index is 11.7.